The minimum atomic E-state index is -1.16. The standard InChI is InChI=1S/C45H87NO4/c1-3-5-7-9-11-13-15-17-18-19-20-21-22-23-24-25-26-27-28-29-31-33-35-37-39-43(48)45(50)42(41-47)46-44(49)40-38-36-34-32-30-16-14-12-10-8-6-4-2/h12,14,31,33,42-43,45,47-48,50H,3-11,13,15-30,32,34-41H2,1-2H3,(H,46,49)/b14-12-,33-31+. The molecule has 50 heavy (non-hydrogen) atoms. The summed E-state index contributed by atoms with van der Waals surface area (Å²) in [5.41, 5.74) is 0. The lowest BCUT2D eigenvalue weighted by atomic mass is 10.0. The van der Waals surface area contributed by atoms with Crippen LogP contribution < -0.4 is 5.32 Å². The number of hydrogen-bond donors (Lipinski definition) is 4. The number of allylic oxidation sites excluding steroid dienone is 4. The molecular weight excluding hydrogens is 618 g/mol. The van der Waals surface area contributed by atoms with Gasteiger partial charge in [-0.3, -0.25) is 4.79 Å². The van der Waals surface area contributed by atoms with E-state index < -0.39 is 18.2 Å². The van der Waals surface area contributed by atoms with Crippen molar-refractivity contribution in [2.75, 3.05) is 6.61 Å². The number of rotatable bonds is 40. The molecule has 5 heteroatoms. The second kappa shape index (κ2) is 40.6. The predicted octanol–water partition coefficient (Wildman–Crippen LogP) is 12.6. The van der Waals surface area contributed by atoms with Gasteiger partial charge in [-0.1, -0.05) is 186 Å². The van der Waals surface area contributed by atoms with Gasteiger partial charge in [0.25, 0.3) is 0 Å². The zero-order valence-corrected chi connectivity index (χ0v) is 33.5. The smallest absolute Gasteiger partial charge is 0.220 e. The van der Waals surface area contributed by atoms with Crippen LogP contribution in [0, 0.1) is 0 Å². The molecule has 1 amide bonds. The van der Waals surface area contributed by atoms with Crippen molar-refractivity contribution in [3.8, 4) is 0 Å². The van der Waals surface area contributed by atoms with E-state index in [1.165, 1.54) is 161 Å². The third-order valence-electron chi connectivity index (χ3n) is 10.3. The SMILES string of the molecule is CCCCC/C=C\CCCCCCCC(=O)NC(CO)C(O)C(O)CCC/C=C/CCCCCCCCCCCCCCCCCCCCC. The van der Waals surface area contributed by atoms with Gasteiger partial charge in [-0.15, -0.1) is 0 Å². The second-order valence-corrected chi connectivity index (χ2v) is 15.2. The average Bonchev–Trinajstić information content (AvgIpc) is 3.12. The first-order valence-corrected chi connectivity index (χ1v) is 22.1. The van der Waals surface area contributed by atoms with Crippen LogP contribution in [0.5, 0.6) is 0 Å². The van der Waals surface area contributed by atoms with E-state index in [2.05, 4.69) is 43.5 Å². The number of aliphatic hydroxyl groups is 3. The number of carbonyl (C=O) groups excluding carboxylic acids is 1. The van der Waals surface area contributed by atoms with E-state index in [1.807, 2.05) is 0 Å². The van der Waals surface area contributed by atoms with E-state index in [0.29, 0.717) is 12.8 Å². The molecular formula is C45H87NO4. The summed E-state index contributed by atoms with van der Waals surface area (Å²) < 4.78 is 0. The van der Waals surface area contributed by atoms with E-state index in [-0.39, 0.29) is 12.5 Å². The molecule has 0 spiro atoms. The van der Waals surface area contributed by atoms with Crippen LogP contribution in [0.15, 0.2) is 24.3 Å². The zero-order valence-electron chi connectivity index (χ0n) is 33.5. The highest BCUT2D eigenvalue weighted by Gasteiger charge is 2.26. The van der Waals surface area contributed by atoms with Gasteiger partial charge in [0.15, 0.2) is 0 Å². The molecule has 3 atom stereocenters. The van der Waals surface area contributed by atoms with Crippen LogP contribution >= 0.6 is 0 Å². The first-order valence-electron chi connectivity index (χ1n) is 22.1. The van der Waals surface area contributed by atoms with Gasteiger partial charge in [0.1, 0.15) is 6.10 Å². The second-order valence-electron chi connectivity index (χ2n) is 15.2. The lowest BCUT2D eigenvalue weighted by Gasteiger charge is -2.26. The Morgan fingerprint density at radius 3 is 1.20 bits per heavy atom. The third kappa shape index (κ3) is 35.2. The number of amides is 1. The van der Waals surface area contributed by atoms with E-state index >= 15 is 0 Å². The summed E-state index contributed by atoms with van der Waals surface area (Å²) in [7, 11) is 0. The number of nitrogens with one attached hydrogen (secondary N) is 1. The Balaban J connectivity index is 3.61. The molecule has 0 bridgehead atoms. The number of aliphatic hydroxyl groups excluding tert-OH is 3. The summed E-state index contributed by atoms with van der Waals surface area (Å²) >= 11 is 0. The molecule has 0 fully saturated rings. The highest BCUT2D eigenvalue weighted by Crippen LogP contribution is 2.16. The van der Waals surface area contributed by atoms with Crippen LogP contribution in [0.2, 0.25) is 0 Å². The van der Waals surface area contributed by atoms with Gasteiger partial charge in [-0.2, -0.15) is 0 Å². The Kier molecular flexibility index (Phi) is 39.6. The normalized spacial score (nSPS) is 13.8. The third-order valence-corrected chi connectivity index (χ3v) is 10.3. The van der Waals surface area contributed by atoms with E-state index in [9.17, 15) is 20.1 Å². The number of carbonyl (C=O) groups is 1. The van der Waals surface area contributed by atoms with Gasteiger partial charge in [-0.25, -0.2) is 0 Å². The molecule has 0 aliphatic carbocycles. The number of hydrogen-bond acceptors (Lipinski definition) is 4. The summed E-state index contributed by atoms with van der Waals surface area (Å²) in [4.78, 5) is 12.4. The van der Waals surface area contributed by atoms with Crippen molar-refractivity contribution in [2.45, 2.75) is 250 Å². The van der Waals surface area contributed by atoms with E-state index in [0.717, 1.165) is 44.9 Å². The molecule has 0 aromatic rings. The van der Waals surface area contributed by atoms with Crippen molar-refractivity contribution in [3.05, 3.63) is 24.3 Å². The molecule has 296 valence electrons. The lowest BCUT2D eigenvalue weighted by Crippen LogP contribution is -2.50. The van der Waals surface area contributed by atoms with Gasteiger partial charge in [0, 0.05) is 6.42 Å². The number of unbranched alkanes of at least 4 members (excludes halogenated alkanes) is 28. The van der Waals surface area contributed by atoms with Crippen LogP contribution in [0.25, 0.3) is 0 Å². The van der Waals surface area contributed by atoms with Crippen molar-refractivity contribution < 1.29 is 20.1 Å². The van der Waals surface area contributed by atoms with Gasteiger partial charge >= 0.3 is 0 Å². The zero-order chi connectivity index (χ0) is 36.6. The quantitative estimate of drug-likeness (QED) is 0.0377. The fraction of sp³-hybridized carbons (Fsp3) is 0.889. The Labute approximate surface area is 312 Å². The fourth-order valence-electron chi connectivity index (χ4n) is 6.80. The molecule has 0 saturated heterocycles. The Morgan fingerprint density at radius 2 is 0.800 bits per heavy atom. The van der Waals surface area contributed by atoms with Crippen molar-refractivity contribution in [1.29, 1.82) is 0 Å². The molecule has 0 aliphatic heterocycles. The molecule has 0 aromatic carbocycles. The summed E-state index contributed by atoms with van der Waals surface area (Å²) in [6.45, 7) is 4.14. The molecule has 4 N–H and O–H groups in total. The molecule has 0 heterocycles. The highest BCUT2D eigenvalue weighted by atomic mass is 16.3. The van der Waals surface area contributed by atoms with Crippen molar-refractivity contribution in [1.82, 2.24) is 5.32 Å². The van der Waals surface area contributed by atoms with Gasteiger partial charge < -0.3 is 20.6 Å². The summed E-state index contributed by atoms with van der Waals surface area (Å²) in [6.07, 6.45) is 48.7. The van der Waals surface area contributed by atoms with Gasteiger partial charge in [-0.05, 0) is 64.2 Å². The maximum Gasteiger partial charge on any atom is 0.220 e. The summed E-state index contributed by atoms with van der Waals surface area (Å²) in [6, 6.07) is -0.827. The molecule has 3 unspecified atom stereocenters. The first-order chi connectivity index (χ1) is 24.6. The maximum absolute atomic E-state index is 12.4. The molecule has 0 aliphatic rings. The van der Waals surface area contributed by atoms with Crippen molar-refractivity contribution >= 4 is 5.91 Å². The first kappa shape index (κ1) is 48.8. The Bertz CT molecular complexity index is 739. The summed E-state index contributed by atoms with van der Waals surface area (Å²) in [5.74, 6) is -0.164. The molecule has 0 radical (unpaired) electrons. The van der Waals surface area contributed by atoms with Crippen LogP contribution in [0.1, 0.15) is 232 Å². The van der Waals surface area contributed by atoms with Crippen molar-refractivity contribution in [2.24, 2.45) is 0 Å². The fourth-order valence-corrected chi connectivity index (χ4v) is 6.80. The molecule has 0 aromatic heterocycles. The van der Waals surface area contributed by atoms with E-state index in [4.69, 9.17) is 0 Å². The van der Waals surface area contributed by atoms with Crippen molar-refractivity contribution in [3.63, 3.8) is 0 Å². The van der Waals surface area contributed by atoms with Gasteiger partial charge in [0.2, 0.25) is 5.91 Å². The minimum absolute atomic E-state index is 0.164. The lowest BCUT2D eigenvalue weighted by molar-refractivity contribution is -0.124. The molecule has 5 nitrogen and oxygen atoms in total. The van der Waals surface area contributed by atoms with Crippen LogP contribution in [-0.4, -0.2) is 46.1 Å². The minimum Gasteiger partial charge on any atom is -0.394 e. The van der Waals surface area contributed by atoms with E-state index in [1.54, 1.807) is 0 Å². The van der Waals surface area contributed by atoms with Gasteiger partial charge in [0.05, 0.1) is 18.8 Å². The monoisotopic (exact) mass is 706 g/mol. The predicted molar refractivity (Wildman–Crippen MR) is 218 cm³/mol. The average molecular weight is 706 g/mol. The molecule has 0 saturated carbocycles. The summed E-state index contributed by atoms with van der Waals surface area (Å²) in [5, 5.41) is 33.4. The van der Waals surface area contributed by atoms with Crippen LogP contribution in [-0.2, 0) is 4.79 Å². The van der Waals surface area contributed by atoms with Crippen LogP contribution in [0.3, 0.4) is 0 Å². The topological polar surface area (TPSA) is 89.8 Å². The molecule has 0 rings (SSSR count). The Morgan fingerprint density at radius 1 is 0.480 bits per heavy atom. The largest absolute Gasteiger partial charge is 0.394 e. The Hall–Kier alpha value is -1.17. The van der Waals surface area contributed by atoms with Crippen LogP contribution in [0.4, 0.5) is 0 Å². The highest BCUT2D eigenvalue weighted by molar-refractivity contribution is 5.76. The maximum atomic E-state index is 12.4.